The van der Waals surface area contributed by atoms with E-state index >= 15 is 0 Å². The van der Waals surface area contributed by atoms with Gasteiger partial charge in [0.2, 0.25) is 0 Å². The van der Waals surface area contributed by atoms with Crippen molar-refractivity contribution in [2.45, 2.75) is 0 Å². The first-order valence-electron chi connectivity index (χ1n) is 6.37. The Labute approximate surface area is 135 Å². The molecule has 4 nitrogen and oxygen atoms in total. The van der Waals surface area contributed by atoms with Crippen molar-refractivity contribution in [3.05, 3.63) is 60.7 Å². The Morgan fingerprint density at radius 2 is 1.29 bits per heavy atom. The summed E-state index contributed by atoms with van der Waals surface area (Å²) >= 11 is 10.6. The highest BCUT2D eigenvalue weighted by Gasteiger charge is 2.06. The first kappa shape index (κ1) is 15.2. The van der Waals surface area contributed by atoms with Crippen LogP contribution in [-0.4, -0.2) is 22.3 Å². The van der Waals surface area contributed by atoms with E-state index in [-0.39, 0.29) is 0 Å². The lowest BCUT2D eigenvalue weighted by Gasteiger charge is -2.23. The van der Waals surface area contributed by atoms with Crippen LogP contribution in [0.25, 0.3) is 0 Å². The van der Waals surface area contributed by atoms with Gasteiger partial charge in [0.25, 0.3) is 0 Å². The van der Waals surface area contributed by atoms with Crippen molar-refractivity contribution in [3.8, 4) is 0 Å². The quantitative estimate of drug-likeness (QED) is 0.584. The normalized spacial score (nSPS) is 9.57. The minimum absolute atomic E-state index is 0.473. The second-order valence-corrected chi connectivity index (χ2v) is 5.08. The molecule has 0 bridgehead atoms. The Morgan fingerprint density at radius 3 is 1.81 bits per heavy atom. The largest absolute Gasteiger partial charge is 0.331 e. The molecule has 0 saturated heterocycles. The van der Waals surface area contributed by atoms with E-state index in [2.05, 4.69) is 16.1 Å². The van der Waals surface area contributed by atoms with Gasteiger partial charge < -0.3 is 10.6 Å². The standard InChI is InChI=1S/C15H16N4S2/c1-19(15(21)17-13-10-6-3-7-11-13)18-14(20)16-12-8-4-2-5-9-12/h2-11H,1H3,(H,17,21)(H2,16,18,20). The van der Waals surface area contributed by atoms with E-state index in [0.29, 0.717) is 10.2 Å². The third kappa shape index (κ3) is 5.02. The van der Waals surface area contributed by atoms with Crippen LogP contribution in [0.4, 0.5) is 11.4 Å². The molecule has 0 heterocycles. The predicted octanol–water partition coefficient (Wildman–Crippen LogP) is 3.22. The highest BCUT2D eigenvalue weighted by Crippen LogP contribution is 2.06. The number of thiocarbonyl (C=S) groups is 2. The van der Waals surface area contributed by atoms with E-state index in [4.69, 9.17) is 24.4 Å². The van der Waals surface area contributed by atoms with Crippen molar-refractivity contribution in [3.63, 3.8) is 0 Å². The average Bonchev–Trinajstić information content (AvgIpc) is 2.49. The minimum Gasteiger partial charge on any atom is -0.331 e. The average molecular weight is 316 g/mol. The summed E-state index contributed by atoms with van der Waals surface area (Å²) in [5, 5.41) is 8.85. The molecule has 0 aromatic heterocycles. The lowest BCUT2D eigenvalue weighted by atomic mass is 10.3. The van der Waals surface area contributed by atoms with Gasteiger partial charge in [0.15, 0.2) is 10.2 Å². The number of hydrogen-bond acceptors (Lipinski definition) is 2. The molecule has 0 radical (unpaired) electrons. The van der Waals surface area contributed by atoms with Crippen LogP contribution >= 0.6 is 24.4 Å². The number of para-hydroxylation sites is 2. The maximum atomic E-state index is 5.31. The fourth-order valence-corrected chi connectivity index (χ4v) is 2.03. The van der Waals surface area contributed by atoms with Gasteiger partial charge in [0.05, 0.1) is 0 Å². The Bertz CT molecular complexity index is 602. The summed E-state index contributed by atoms with van der Waals surface area (Å²) in [6, 6.07) is 19.4. The molecule has 0 unspecified atom stereocenters. The molecule has 108 valence electrons. The molecule has 0 aliphatic heterocycles. The second kappa shape index (κ2) is 7.56. The third-order valence-corrected chi connectivity index (χ3v) is 3.20. The fraction of sp³-hybridized carbons (Fsp3) is 0.0667. The molecule has 0 aliphatic carbocycles. The number of hydrazine groups is 1. The van der Waals surface area contributed by atoms with Gasteiger partial charge in [0, 0.05) is 18.4 Å². The molecule has 2 aromatic carbocycles. The number of nitrogens with zero attached hydrogens (tertiary/aromatic N) is 1. The molecule has 3 N–H and O–H groups in total. The Hall–Kier alpha value is -2.18. The summed E-state index contributed by atoms with van der Waals surface area (Å²) in [5.41, 5.74) is 4.85. The molecule has 21 heavy (non-hydrogen) atoms. The predicted molar refractivity (Wildman–Crippen MR) is 96.2 cm³/mol. The molecule has 0 spiro atoms. The van der Waals surface area contributed by atoms with Gasteiger partial charge in [-0.3, -0.25) is 10.4 Å². The molecule has 0 amide bonds. The molecule has 0 fully saturated rings. The van der Waals surface area contributed by atoms with Gasteiger partial charge in [-0.1, -0.05) is 36.4 Å². The monoisotopic (exact) mass is 316 g/mol. The third-order valence-electron chi connectivity index (χ3n) is 2.63. The molecule has 2 rings (SSSR count). The summed E-state index contributed by atoms with van der Waals surface area (Å²) in [6.07, 6.45) is 0. The number of rotatable bonds is 2. The van der Waals surface area contributed by atoms with E-state index in [1.165, 1.54) is 0 Å². The minimum atomic E-state index is 0.473. The smallest absolute Gasteiger partial charge is 0.192 e. The van der Waals surface area contributed by atoms with Crippen molar-refractivity contribution < 1.29 is 0 Å². The molecular weight excluding hydrogens is 300 g/mol. The van der Waals surface area contributed by atoms with Gasteiger partial charge in [-0.05, 0) is 48.7 Å². The van der Waals surface area contributed by atoms with Crippen molar-refractivity contribution in [2.75, 3.05) is 17.7 Å². The van der Waals surface area contributed by atoms with E-state index in [0.717, 1.165) is 11.4 Å². The SMILES string of the molecule is CN(NC(=S)Nc1ccccc1)C(=S)Nc1ccccc1. The van der Waals surface area contributed by atoms with Crippen molar-refractivity contribution in [1.29, 1.82) is 0 Å². The van der Waals surface area contributed by atoms with Crippen molar-refractivity contribution >= 4 is 46.0 Å². The summed E-state index contributed by atoms with van der Waals surface area (Å²) in [7, 11) is 1.80. The van der Waals surface area contributed by atoms with Gasteiger partial charge in [0.1, 0.15) is 0 Å². The van der Waals surface area contributed by atoms with Crippen molar-refractivity contribution in [2.24, 2.45) is 0 Å². The van der Waals surface area contributed by atoms with Crippen LogP contribution in [-0.2, 0) is 0 Å². The van der Waals surface area contributed by atoms with Crippen LogP contribution in [0.15, 0.2) is 60.7 Å². The van der Waals surface area contributed by atoms with Crippen molar-refractivity contribution in [1.82, 2.24) is 10.4 Å². The fourth-order valence-electron chi connectivity index (χ4n) is 1.61. The van der Waals surface area contributed by atoms with Gasteiger partial charge in [-0.2, -0.15) is 0 Å². The summed E-state index contributed by atoms with van der Waals surface area (Å²) in [6.45, 7) is 0. The van der Waals surface area contributed by atoms with Gasteiger partial charge in [-0.25, -0.2) is 0 Å². The van der Waals surface area contributed by atoms with E-state index < -0.39 is 0 Å². The molecule has 6 heteroatoms. The van der Waals surface area contributed by atoms with Crippen LogP contribution in [0.1, 0.15) is 0 Å². The summed E-state index contributed by atoms with van der Waals surface area (Å²) in [4.78, 5) is 0. The zero-order valence-electron chi connectivity index (χ0n) is 11.5. The van der Waals surface area contributed by atoms with Crippen LogP contribution in [0.2, 0.25) is 0 Å². The Balaban J connectivity index is 1.84. The number of nitrogens with one attached hydrogen (secondary N) is 3. The number of anilines is 2. The highest BCUT2D eigenvalue weighted by atomic mass is 32.1. The maximum absolute atomic E-state index is 5.31. The van der Waals surface area contributed by atoms with E-state index in [1.807, 2.05) is 60.7 Å². The van der Waals surface area contributed by atoms with Crippen LogP contribution in [0.3, 0.4) is 0 Å². The number of hydrogen-bond donors (Lipinski definition) is 3. The van der Waals surface area contributed by atoms with Crippen LogP contribution in [0, 0.1) is 0 Å². The van der Waals surface area contributed by atoms with Crippen LogP contribution in [0.5, 0.6) is 0 Å². The zero-order valence-corrected chi connectivity index (χ0v) is 13.2. The van der Waals surface area contributed by atoms with Gasteiger partial charge >= 0.3 is 0 Å². The number of benzene rings is 2. The molecular formula is C15H16N4S2. The molecule has 0 aliphatic rings. The van der Waals surface area contributed by atoms with E-state index in [9.17, 15) is 0 Å². The first-order valence-corrected chi connectivity index (χ1v) is 7.19. The lowest BCUT2D eigenvalue weighted by Crippen LogP contribution is -2.46. The Kier molecular flexibility index (Phi) is 5.48. The first-order chi connectivity index (χ1) is 10.1. The Morgan fingerprint density at radius 1 is 0.810 bits per heavy atom. The van der Waals surface area contributed by atoms with Crippen LogP contribution < -0.4 is 16.1 Å². The summed E-state index contributed by atoms with van der Waals surface area (Å²) in [5.74, 6) is 0. The topological polar surface area (TPSA) is 39.3 Å². The van der Waals surface area contributed by atoms with Gasteiger partial charge in [-0.15, -0.1) is 0 Å². The molecule has 0 atom stereocenters. The van der Waals surface area contributed by atoms with E-state index in [1.54, 1.807) is 12.1 Å². The summed E-state index contributed by atoms with van der Waals surface area (Å²) < 4.78 is 0. The zero-order chi connectivity index (χ0) is 15.1. The molecule has 0 saturated carbocycles. The maximum Gasteiger partial charge on any atom is 0.192 e. The second-order valence-electron chi connectivity index (χ2n) is 4.29. The lowest BCUT2D eigenvalue weighted by molar-refractivity contribution is 0.467. The molecule has 2 aromatic rings. The highest BCUT2D eigenvalue weighted by molar-refractivity contribution is 7.81.